The minimum Gasteiger partial charge on any atom is -0.379 e. The first-order chi connectivity index (χ1) is 6.72. The van der Waals surface area contributed by atoms with Crippen LogP contribution >= 0.6 is 0 Å². The van der Waals surface area contributed by atoms with Gasteiger partial charge in [-0.25, -0.2) is 0 Å². The van der Waals surface area contributed by atoms with Gasteiger partial charge in [0.1, 0.15) is 0 Å². The molecule has 0 aliphatic heterocycles. The van der Waals surface area contributed by atoms with Crippen molar-refractivity contribution in [3.8, 4) is 0 Å². The quantitative estimate of drug-likeness (QED) is 0.709. The molecule has 0 bridgehead atoms. The molecular weight excluding hydrogens is 190 g/mol. The molecule has 0 fully saturated rings. The predicted molar refractivity (Wildman–Crippen MR) is 64.3 cm³/mol. The number of hydrogen-bond donors (Lipinski definition) is 1. The van der Waals surface area contributed by atoms with Crippen molar-refractivity contribution in [2.45, 2.75) is 58.3 Å². The van der Waals surface area contributed by atoms with E-state index in [4.69, 9.17) is 9.47 Å². The summed E-state index contributed by atoms with van der Waals surface area (Å²) in [5, 5.41) is 3.46. The van der Waals surface area contributed by atoms with Crippen LogP contribution in [0.25, 0.3) is 0 Å². The third-order valence-electron chi connectivity index (χ3n) is 2.78. The van der Waals surface area contributed by atoms with Crippen LogP contribution in [0.2, 0.25) is 0 Å². The Kier molecular flexibility index (Phi) is 5.78. The molecule has 15 heavy (non-hydrogen) atoms. The maximum Gasteiger partial charge on any atom is 0.0746 e. The van der Waals surface area contributed by atoms with Gasteiger partial charge in [0.25, 0.3) is 0 Å². The number of rotatable bonds is 7. The summed E-state index contributed by atoms with van der Waals surface area (Å²) in [7, 11) is 3.50. The van der Waals surface area contributed by atoms with Crippen LogP contribution in [0.15, 0.2) is 0 Å². The minimum atomic E-state index is -0.106. The predicted octanol–water partition coefficient (Wildman–Crippen LogP) is 2.20. The van der Waals surface area contributed by atoms with Crippen LogP contribution in [0.4, 0.5) is 0 Å². The van der Waals surface area contributed by atoms with E-state index in [-0.39, 0.29) is 11.2 Å². The van der Waals surface area contributed by atoms with Crippen molar-refractivity contribution in [2.24, 2.45) is 0 Å². The normalized spacial score (nSPS) is 15.4. The van der Waals surface area contributed by atoms with E-state index in [1.165, 1.54) is 0 Å². The second-order valence-electron chi connectivity index (χ2n) is 5.41. The van der Waals surface area contributed by atoms with Gasteiger partial charge in [-0.3, -0.25) is 0 Å². The molecule has 1 atom stereocenters. The highest BCUT2D eigenvalue weighted by Gasteiger charge is 2.22. The molecule has 0 aliphatic rings. The largest absolute Gasteiger partial charge is 0.379 e. The van der Waals surface area contributed by atoms with Gasteiger partial charge in [-0.1, -0.05) is 0 Å². The van der Waals surface area contributed by atoms with E-state index in [0.29, 0.717) is 6.04 Å². The molecule has 0 aromatic heterocycles. The molecule has 0 aromatic carbocycles. The standard InChI is InChI=1S/C12H27NO2/c1-10(8-11(2,3)14-6)13-9-12(4,5)15-7/h10,13H,8-9H2,1-7H3. The molecule has 3 heteroatoms. The van der Waals surface area contributed by atoms with Crippen molar-refractivity contribution >= 4 is 0 Å². The Bertz CT molecular complexity index is 178. The number of ether oxygens (including phenoxy) is 2. The van der Waals surface area contributed by atoms with Crippen molar-refractivity contribution in [2.75, 3.05) is 20.8 Å². The molecule has 3 nitrogen and oxygen atoms in total. The lowest BCUT2D eigenvalue weighted by Gasteiger charge is -2.30. The lowest BCUT2D eigenvalue weighted by atomic mass is 9.99. The molecule has 1 N–H and O–H groups in total. The first kappa shape index (κ1) is 14.9. The monoisotopic (exact) mass is 217 g/mol. The topological polar surface area (TPSA) is 30.5 Å². The number of methoxy groups -OCH3 is 2. The zero-order chi connectivity index (χ0) is 12.1. The maximum absolute atomic E-state index is 5.40. The van der Waals surface area contributed by atoms with Gasteiger partial charge in [-0.15, -0.1) is 0 Å². The van der Waals surface area contributed by atoms with Crippen molar-refractivity contribution in [3.05, 3.63) is 0 Å². The molecular formula is C12H27NO2. The van der Waals surface area contributed by atoms with Crippen molar-refractivity contribution in [1.82, 2.24) is 5.32 Å². The lowest BCUT2D eigenvalue weighted by molar-refractivity contribution is -0.000824. The molecule has 0 aliphatic carbocycles. The first-order valence-electron chi connectivity index (χ1n) is 5.56. The van der Waals surface area contributed by atoms with E-state index in [0.717, 1.165) is 13.0 Å². The lowest BCUT2D eigenvalue weighted by Crippen LogP contribution is -2.43. The average Bonchev–Trinajstić information content (AvgIpc) is 2.15. The SMILES string of the molecule is COC(C)(C)CNC(C)CC(C)(C)OC. The Morgan fingerprint density at radius 3 is 1.87 bits per heavy atom. The smallest absolute Gasteiger partial charge is 0.0746 e. The van der Waals surface area contributed by atoms with Crippen molar-refractivity contribution in [3.63, 3.8) is 0 Å². The first-order valence-corrected chi connectivity index (χ1v) is 5.56. The summed E-state index contributed by atoms with van der Waals surface area (Å²) in [6, 6.07) is 0.425. The molecule has 1 unspecified atom stereocenters. The fraction of sp³-hybridized carbons (Fsp3) is 1.00. The van der Waals surface area contributed by atoms with E-state index in [1.807, 2.05) is 0 Å². The second kappa shape index (κ2) is 5.83. The summed E-state index contributed by atoms with van der Waals surface area (Å²) in [6.45, 7) is 11.4. The van der Waals surface area contributed by atoms with Gasteiger partial charge in [0, 0.05) is 26.8 Å². The third-order valence-corrected chi connectivity index (χ3v) is 2.78. The molecule has 0 saturated carbocycles. The molecule has 92 valence electrons. The summed E-state index contributed by atoms with van der Waals surface area (Å²) in [4.78, 5) is 0. The Labute approximate surface area is 94.5 Å². The van der Waals surface area contributed by atoms with Crippen molar-refractivity contribution < 1.29 is 9.47 Å². The molecule has 0 heterocycles. The van der Waals surface area contributed by atoms with E-state index in [9.17, 15) is 0 Å². The summed E-state index contributed by atoms with van der Waals surface area (Å²) in [6.07, 6.45) is 0.989. The van der Waals surface area contributed by atoms with E-state index >= 15 is 0 Å². The van der Waals surface area contributed by atoms with Gasteiger partial charge in [0.05, 0.1) is 11.2 Å². The summed E-state index contributed by atoms with van der Waals surface area (Å²) >= 11 is 0. The van der Waals surface area contributed by atoms with Crippen LogP contribution < -0.4 is 5.32 Å². The minimum absolute atomic E-state index is 0.0658. The Morgan fingerprint density at radius 2 is 1.47 bits per heavy atom. The van der Waals surface area contributed by atoms with Crippen molar-refractivity contribution in [1.29, 1.82) is 0 Å². The van der Waals surface area contributed by atoms with Gasteiger partial charge in [0.15, 0.2) is 0 Å². The average molecular weight is 217 g/mol. The van der Waals surface area contributed by atoms with Crippen LogP contribution in [0, 0.1) is 0 Å². The van der Waals surface area contributed by atoms with Gasteiger partial charge in [-0.2, -0.15) is 0 Å². The third kappa shape index (κ3) is 6.88. The molecule has 0 rings (SSSR count). The zero-order valence-corrected chi connectivity index (χ0v) is 11.3. The van der Waals surface area contributed by atoms with Crippen LogP contribution in [-0.2, 0) is 9.47 Å². The second-order valence-corrected chi connectivity index (χ2v) is 5.41. The summed E-state index contributed by atoms with van der Waals surface area (Å²) in [5.74, 6) is 0. The van der Waals surface area contributed by atoms with Gasteiger partial charge < -0.3 is 14.8 Å². The van der Waals surface area contributed by atoms with E-state index < -0.39 is 0 Å². The molecule has 0 aromatic rings. The summed E-state index contributed by atoms with van der Waals surface area (Å²) in [5.41, 5.74) is -0.172. The highest BCUT2D eigenvalue weighted by atomic mass is 16.5. The highest BCUT2D eigenvalue weighted by Crippen LogP contribution is 2.16. The Morgan fingerprint density at radius 1 is 1.00 bits per heavy atom. The molecule has 0 amide bonds. The van der Waals surface area contributed by atoms with E-state index in [1.54, 1.807) is 14.2 Å². The highest BCUT2D eigenvalue weighted by molar-refractivity contribution is 4.79. The van der Waals surface area contributed by atoms with Crippen LogP contribution in [-0.4, -0.2) is 38.0 Å². The van der Waals surface area contributed by atoms with Crippen LogP contribution in [0.1, 0.15) is 41.0 Å². The van der Waals surface area contributed by atoms with Gasteiger partial charge >= 0.3 is 0 Å². The zero-order valence-electron chi connectivity index (χ0n) is 11.3. The molecule has 0 saturated heterocycles. The molecule has 0 radical (unpaired) electrons. The molecule has 0 spiro atoms. The van der Waals surface area contributed by atoms with Gasteiger partial charge in [-0.05, 0) is 41.0 Å². The Balaban J connectivity index is 3.90. The fourth-order valence-corrected chi connectivity index (χ4v) is 1.39. The summed E-state index contributed by atoms with van der Waals surface area (Å²) < 4.78 is 10.7. The fourth-order valence-electron chi connectivity index (χ4n) is 1.39. The number of hydrogen-bond acceptors (Lipinski definition) is 3. The number of nitrogens with one attached hydrogen (secondary N) is 1. The van der Waals surface area contributed by atoms with E-state index in [2.05, 4.69) is 39.9 Å². The Hall–Kier alpha value is -0.120. The maximum atomic E-state index is 5.40. The van der Waals surface area contributed by atoms with Crippen LogP contribution in [0.3, 0.4) is 0 Å². The van der Waals surface area contributed by atoms with Gasteiger partial charge in [0.2, 0.25) is 0 Å². The van der Waals surface area contributed by atoms with Crippen LogP contribution in [0.5, 0.6) is 0 Å².